The van der Waals surface area contributed by atoms with Gasteiger partial charge in [0.2, 0.25) is 0 Å². The van der Waals surface area contributed by atoms with Crippen molar-refractivity contribution in [3.63, 3.8) is 0 Å². The van der Waals surface area contributed by atoms with Crippen LogP contribution in [0.4, 0.5) is 0 Å². The Labute approximate surface area is 158 Å². The predicted molar refractivity (Wildman–Crippen MR) is 97.1 cm³/mol. The van der Waals surface area contributed by atoms with Gasteiger partial charge in [-0.3, -0.25) is 9.48 Å². The minimum atomic E-state index is -0.794. The van der Waals surface area contributed by atoms with Crippen molar-refractivity contribution in [3.05, 3.63) is 22.5 Å². The summed E-state index contributed by atoms with van der Waals surface area (Å²) in [6, 6.07) is 2.27. The van der Waals surface area contributed by atoms with Crippen LogP contribution in [-0.2, 0) is 21.4 Å². The van der Waals surface area contributed by atoms with Gasteiger partial charge >= 0.3 is 5.97 Å². The Hall–Kier alpha value is -2.33. The van der Waals surface area contributed by atoms with E-state index in [9.17, 15) is 14.9 Å². The van der Waals surface area contributed by atoms with Gasteiger partial charge in [0, 0.05) is 25.7 Å². The Balaban J connectivity index is 1.93. The fourth-order valence-corrected chi connectivity index (χ4v) is 3.40. The van der Waals surface area contributed by atoms with Crippen LogP contribution < -0.4 is 0 Å². The Morgan fingerprint density at radius 1 is 1.42 bits per heavy atom. The quantitative estimate of drug-likeness (QED) is 0.580. The molecule has 0 unspecified atom stereocenters. The number of likely N-dealkylation sites (N-methyl/N-ethyl adjacent to an activating group) is 1. The van der Waals surface area contributed by atoms with E-state index in [0.717, 1.165) is 19.3 Å². The van der Waals surface area contributed by atoms with E-state index in [1.807, 2.05) is 0 Å². The molecule has 1 aromatic rings. The second-order valence-electron chi connectivity index (χ2n) is 6.51. The molecule has 1 amide bonds. The standard InChI is InChI=1S/C18H23ClN4O3/c1-13-14(17(19)23(3)21-13)7-8-16(25)26-11-15(24)22(2)18(12-20)9-5-4-6-10-18/h7-8H,4-6,9-11H2,1-3H3/b8-7+. The van der Waals surface area contributed by atoms with Gasteiger partial charge in [0.15, 0.2) is 6.61 Å². The van der Waals surface area contributed by atoms with Gasteiger partial charge < -0.3 is 9.64 Å². The van der Waals surface area contributed by atoms with E-state index in [2.05, 4.69) is 11.2 Å². The Morgan fingerprint density at radius 2 is 2.08 bits per heavy atom. The van der Waals surface area contributed by atoms with Crippen molar-refractivity contribution >= 4 is 29.6 Å². The van der Waals surface area contributed by atoms with Crippen molar-refractivity contribution < 1.29 is 14.3 Å². The molecule has 1 heterocycles. The highest BCUT2D eigenvalue weighted by Gasteiger charge is 2.38. The second kappa shape index (κ2) is 8.37. The maximum atomic E-state index is 12.3. The summed E-state index contributed by atoms with van der Waals surface area (Å²) in [5.74, 6) is -1.04. The van der Waals surface area contributed by atoms with E-state index in [1.165, 1.54) is 21.7 Å². The molecule has 1 aromatic heterocycles. The summed E-state index contributed by atoms with van der Waals surface area (Å²) in [6.45, 7) is 1.38. The number of rotatable bonds is 5. The second-order valence-corrected chi connectivity index (χ2v) is 6.87. The first-order valence-electron chi connectivity index (χ1n) is 8.52. The molecule has 0 aromatic carbocycles. The first-order valence-corrected chi connectivity index (χ1v) is 8.90. The summed E-state index contributed by atoms with van der Waals surface area (Å²) in [5.41, 5.74) is 0.517. The average molecular weight is 379 g/mol. The highest BCUT2D eigenvalue weighted by molar-refractivity contribution is 6.31. The first kappa shape index (κ1) is 20.0. The molecule has 0 radical (unpaired) electrons. The lowest BCUT2D eigenvalue weighted by molar-refractivity contribution is -0.150. The summed E-state index contributed by atoms with van der Waals surface area (Å²) < 4.78 is 6.52. The van der Waals surface area contributed by atoms with Gasteiger partial charge in [0.05, 0.1) is 11.8 Å². The minimum absolute atomic E-state index is 0.384. The zero-order valence-electron chi connectivity index (χ0n) is 15.3. The first-order chi connectivity index (χ1) is 12.3. The normalized spacial score (nSPS) is 16.3. The van der Waals surface area contributed by atoms with Gasteiger partial charge in [-0.25, -0.2) is 4.79 Å². The Kier molecular flexibility index (Phi) is 6.43. The number of carbonyl (C=O) groups is 2. The Morgan fingerprint density at radius 3 is 2.62 bits per heavy atom. The van der Waals surface area contributed by atoms with Crippen molar-refractivity contribution in [3.8, 4) is 6.07 Å². The third-order valence-corrected chi connectivity index (χ3v) is 5.27. The lowest BCUT2D eigenvalue weighted by Gasteiger charge is -2.38. The van der Waals surface area contributed by atoms with Crippen LogP contribution in [0.5, 0.6) is 0 Å². The van der Waals surface area contributed by atoms with Crippen molar-refractivity contribution in [1.29, 1.82) is 5.26 Å². The third kappa shape index (κ3) is 4.25. The van der Waals surface area contributed by atoms with E-state index in [-0.39, 0.29) is 5.91 Å². The van der Waals surface area contributed by atoms with Crippen molar-refractivity contribution in [2.75, 3.05) is 13.7 Å². The van der Waals surface area contributed by atoms with Crippen molar-refractivity contribution in [2.45, 2.75) is 44.6 Å². The summed E-state index contributed by atoms with van der Waals surface area (Å²) in [5, 5.41) is 14.1. The fourth-order valence-electron chi connectivity index (χ4n) is 3.16. The van der Waals surface area contributed by atoms with Gasteiger partial charge in [0.1, 0.15) is 10.7 Å². The number of amides is 1. The number of carbonyl (C=O) groups excluding carboxylic acids is 2. The molecular weight excluding hydrogens is 356 g/mol. The van der Waals surface area contributed by atoms with Crippen molar-refractivity contribution in [1.82, 2.24) is 14.7 Å². The lowest BCUT2D eigenvalue weighted by Crippen LogP contribution is -2.51. The smallest absolute Gasteiger partial charge is 0.331 e. The van der Waals surface area contributed by atoms with E-state index in [4.69, 9.17) is 16.3 Å². The molecule has 7 nitrogen and oxygen atoms in total. The number of nitrogens with zero attached hydrogens (tertiary/aromatic N) is 4. The molecular formula is C18H23ClN4O3. The van der Waals surface area contributed by atoms with Gasteiger partial charge in [-0.05, 0) is 25.8 Å². The average Bonchev–Trinajstić information content (AvgIpc) is 2.89. The highest BCUT2D eigenvalue weighted by Crippen LogP contribution is 2.32. The molecule has 0 saturated heterocycles. The van der Waals surface area contributed by atoms with E-state index in [1.54, 1.807) is 21.0 Å². The number of aromatic nitrogens is 2. The molecule has 140 valence electrons. The van der Waals surface area contributed by atoms with Crippen LogP contribution in [0.1, 0.15) is 43.4 Å². The number of hydrogen-bond acceptors (Lipinski definition) is 5. The van der Waals surface area contributed by atoms with Crippen LogP contribution in [-0.4, -0.2) is 45.8 Å². The fraction of sp³-hybridized carbons (Fsp3) is 0.556. The molecule has 0 N–H and O–H groups in total. The van der Waals surface area contributed by atoms with Gasteiger partial charge in [-0.15, -0.1) is 0 Å². The lowest BCUT2D eigenvalue weighted by atomic mass is 9.81. The Bertz CT molecular complexity index is 757. The third-order valence-electron chi connectivity index (χ3n) is 4.83. The summed E-state index contributed by atoms with van der Waals surface area (Å²) in [7, 11) is 3.30. The molecule has 0 bridgehead atoms. The van der Waals surface area contributed by atoms with Gasteiger partial charge in [-0.2, -0.15) is 10.4 Å². The number of aryl methyl sites for hydroxylation is 2. The number of ether oxygens (including phenoxy) is 1. The molecule has 1 aliphatic carbocycles. The van der Waals surface area contributed by atoms with Gasteiger partial charge in [-0.1, -0.05) is 30.9 Å². The number of esters is 1. The number of halogens is 1. The summed E-state index contributed by atoms with van der Waals surface area (Å²) in [4.78, 5) is 25.6. The molecule has 1 fully saturated rings. The largest absolute Gasteiger partial charge is 0.452 e. The highest BCUT2D eigenvalue weighted by atomic mass is 35.5. The molecule has 8 heteroatoms. The van der Waals surface area contributed by atoms with Gasteiger partial charge in [0.25, 0.3) is 5.91 Å². The van der Waals surface area contributed by atoms with E-state index >= 15 is 0 Å². The zero-order valence-corrected chi connectivity index (χ0v) is 16.0. The molecule has 1 saturated carbocycles. The van der Waals surface area contributed by atoms with Crippen LogP contribution >= 0.6 is 11.6 Å². The zero-order chi connectivity index (χ0) is 19.3. The monoisotopic (exact) mass is 378 g/mol. The maximum Gasteiger partial charge on any atom is 0.331 e. The van der Waals surface area contributed by atoms with Crippen LogP contribution in [0.2, 0.25) is 5.15 Å². The van der Waals surface area contributed by atoms with Crippen LogP contribution in [0.15, 0.2) is 6.08 Å². The SMILES string of the molecule is Cc1nn(C)c(Cl)c1/C=C/C(=O)OCC(=O)N(C)C1(C#N)CCCCC1. The van der Waals surface area contributed by atoms with Crippen LogP contribution in [0, 0.1) is 18.3 Å². The molecule has 0 aliphatic heterocycles. The summed E-state index contributed by atoms with van der Waals surface area (Å²) >= 11 is 6.09. The number of nitriles is 1. The summed E-state index contributed by atoms with van der Waals surface area (Å²) in [6.07, 6.45) is 6.93. The van der Waals surface area contributed by atoms with E-state index < -0.39 is 18.1 Å². The predicted octanol–water partition coefficient (Wildman–Crippen LogP) is 2.62. The molecule has 2 rings (SSSR count). The molecule has 0 spiro atoms. The van der Waals surface area contributed by atoms with Crippen LogP contribution in [0.25, 0.3) is 6.08 Å². The molecule has 1 aliphatic rings. The van der Waals surface area contributed by atoms with Crippen LogP contribution in [0.3, 0.4) is 0 Å². The molecule has 26 heavy (non-hydrogen) atoms. The molecule has 0 atom stereocenters. The topological polar surface area (TPSA) is 88.2 Å². The van der Waals surface area contributed by atoms with E-state index in [0.29, 0.717) is 29.3 Å². The minimum Gasteiger partial charge on any atom is -0.452 e. The van der Waals surface area contributed by atoms with Crippen molar-refractivity contribution in [2.24, 2.45) is 7.05 Å². The number of hydrogen-bond donors (Lipinski definition) is 0. The maximum absolute atomic E-state index is 12.3.